The zero-order valence-corrected chi connectivity index (χ0v) is 12.3. The van der Waals surface area contributed by atoms with Crippen LogP contribution in [0.4, 0.5) is 10.5 Å². The Kier molecular flexibility index (Phi) is 5.00. The fraction of sp³-hybridized carbons (Fsp3) is 0.462. The summed E-state index contributed by atoms with van der Waals surface area (Å²) in [4.78, 5) is 11.7. The van der Waals surface area contributed by atoms with Crippen molar-refractivity contribution in [2.45, 2.75) is 33.7 Å². The monoisotopic (exact) mass is 298 g/mol. The van der Waals surface area contributed by atoms with Crippen LogP contribution in [0.5, 0.6) is 0 Å². The van der Waals surface area contributed by atoms with Crippen molar-refractivity contribution in [1.29, 1.82) is 0 Å². The number of amides is 2. The molecule has 0 aliphatic rings. The number of benzene rings is 1. The van der Waals surface area contributed by atoms with E-state index in [1.54, 1.807) is 0 Å². The zero-order valence-electron chi connectivity index (χ0n) is 10.7. The van der Waals surface area contributed by atoms with Crippen molar-refractivity contribution in [3.63, 3.8) is 0 Å². The lowest BCUT2D eigenvalue weighted by atomic mass is 10.1. The Morgan fingerprint density at radius 3 is 2.47 bits per heavy atom. The van der Waals surface area contributed by atoms with Gasteiger partial charge in [0.1, 0.15) is 0 Å². The second kappa shape index (κ2) is 6.05. The Morgan fingerprint density at radius 2 is 1.94 bits per heavy atom. The number of carbonyl (C=O) groups excluding carboxylic acids is 1. The number of halogens is 1. The van der Waals surface area contributed by atoms with E-state index in [0.717, 1.165) is 15.7 Å². The van der Waals surface area contributed by atoms with E-state index in [9.17, 15) is 4.79 Å². The zero-order chi connectivity index (χ0) is 13.0. The second-order valence-electron chi connectivity index (χ2n) is 4.61. The van der Waals surface area contributed by atoms with E-state index in [1.165, 1.54) is 0 Å². The summed E-state index contributed by atoms with van der Waals surface area (Å²) in [6.07, 6.45) is 0. The number of aryl methyl sites for hydroxylation is 1. The maximum atomic E-state index is 11.7. The van der Waals surface area contributed by atoms with Crippen molar-refractivity contribution in [2.24, 2.45) is 5.92 Å². The van der Waals surface area contributed by atoms with Crippen LogP contribution in [-0.4, -0.2) is 12.1 Å². The molecule has 0 heterocycles. The molecule has 0 fully saturated rings. The molecular formula is C13H19BrN2O. The highest BCUT2D eigenvalue weighted by Gasteiger charge is 2.11. The van der Waals surface area contributed by atoms with Gasteiger partial charge >= 0.3 is 6.03 Å². The van der Waals surface area contributed by atoms with Crippen LogP contribution in [0.3, 0.4) is 0 Å². The molecular weight excluding hydrogens is 280 g/mol. The molecule has 94 valence electrons. The molecule has 1 rings (SSSR count). The summed E-state index contributed by atoms with van der Waals surface area (Å²) in [5.41, 5.74) is 1.93. The molecule has 2 N–H and O–H groups in total. The summed E-state index contributed by atoms with van der Waals surface area (Å²) in [5, 5.41) is 5.73. The molecule has 1 aromatic carbocycles. The summed E-state index contributed by atoms with van der Waals surface area (Å²) in [7, 11) is 0. The third kappa shape index (κ3) is 4.38. The molecule has 0 saturated carbocycles. The highest BCUT2D eigenvalue weighted by molar-refractivity contribution is 9.10. The minimum absolute atomic E-state index is 0.152. The number of nitrogens with one attached hydrogen (secondary N) is 2. The van der Waals surface area contributed by atoms with Crippen molar-refractivity contribution in [3.8, 4) is 0 Å². The number of urea groups is 1. The van der Waals surface area contributed by atoms with Gasteiger partial charge in [-0.2, -0.15) is 0 Å². The van der Waals surface area contributed by atoms with Gasteiger partial charge < -0.3 is 10.6 Å². The Labute approximate surface area is 111 Å². The van der Waals surface area contributed by atoms with Gasteiger partial charge in [-0.1, -0.05) is 19.9 Å². The molecule has 2 amide bonds. The molecule has 4 heteroatoms. The van der Waals surface area contributed by atoms with Crippen LogP contribution in [0, 0.1) is 12.8 Å². The van der Waals surface area contributed by atoms with E-state index in [4.69, 9.17) is 0 Å². The van der Waals surface area contributed by atoms with E-state index < -0.39 is 0 Å². The fourth-order valence-electron chi connectivity index (χ4n) is 1.25. The molecule has 1 atom stereocenters. The third-order valence-electron chi connectivity index (χ3n) is 2.73. The van der Waals surface area contributed by atoms with E-state index in [0.29, 0.717) is 5.92 Å². The molecule has 17 heavy (non-hydrogen) atoms. The number of hydrogen-bond acceptors (Lipinski definition) is 1. The first-order valence-corrected chi connectivity index (χ1v) is 6.53. The van der Waals surface area contributed by atoms with Gasteiger partial charge in [-0.05, 0) is 53.4 Å². The summed E-state index contributed by atoms with van der Waals surface area (Å²) in [5.74, 6) is 0.419. The van der Waals surface area contributed by atoms with Crippen LogP contribution in [-0.2, 0) is 0 Å². The average Bonchev–Trinajstić information content (AvgIpc) is 2.22. The van der Waals surface area contributed by atoms with Crippen LogP contribution in [0.1, 0.15) is 26.3 Å². The van der Waals surface area contributed by atoms with Gasteiger partial charge in [-0.3, -0.25) is 0 Å². The highest BCUT2D eigenvalue weighted by atomic mass is 79.9. The summed E-state index contributed by atoms with van der Waals surface area (Å²) in [6, 6.07) is 5.81. The molecule has 0 saturated heterocycles. The van der Waals surface area contributed by atoms with Gasteiger partial charge in [0.25, 0.3) is 0 Å². The largest absolute Gasteiger partial charge is 0.335 e. The van der Waals surface area contributed by atoms with Gasteiger partial charge in [0.05, 0.1) is 5.69 Å². The number of hydrogen-bond donors (Lipinski definition) is 2. The predicted octanol–water partition coefficient (Wildman–Crippen LogP) is 3.92. The predicted molar refractivity (Wildman–Crippen MR) is 75.3 cm³/mol. The first-order valence-electron chi connectivity index (χ1n) is 5.74. The average molecular weight is 299 g/mol. The Morgan fingerprint density at radius 1 is 1.29 bits per heavy atom. The molecule has 3 nitrogen and oxygen atoms in total. The molecule has 0 aliphatic heterocycles. The van der Waals surface area contributed by atoms with Gasteiger partial charge in [-0.25, -0.2) is 4.79 Å². The molecule has 0 bridgehead atoms. The minimum Gasteiger partial charge on any atom is -0.335 e. The first-order chi connectivity index (χ1) is 7.90. The van der Waals surface area contributed by atoms with E-state index in [1.807, 2.05) is 32.0 Å². The number of carbonyl (C=O) groups is 1. The molecule has 0 aliphatic carbocycles. The Balaban J connectivity index is 2.62. The lowest BCUT2D eigenvalue weighted by molar-refractivity contribution is 0.246. The first kappa shape index (κ1) is 14.0. The van der Waals surface area contributed by atoms with E-state index >= 15 is 0 Å². The van der Waals surface area contributed by atoms with Crippen LogP contribution < -0.4 is 10.6 Å². The quantitative estimate of drug-likeness (QED) is 0.872. The van der Waals surface area contributed by atoms with Crippen LogP contribution in [0.15, 0.2) is 22.7 Å². The topological polar surface area (TPSA) is 41.1 Å². The second-order valence-corrected chi connectivity index (χ2v) is 5.47. The van der Waals surface area contributed by atoms with Gasteiger partial charge in [0.2, 0.25) is 0 Å². The lowest BCUT2D eigenvalue weighted by Gasteiger charge is -2.18. The normalized spacial score (nSPS) is 12.4. The minimum atomic E-state index is -0.171. The van der Waals surface area contributed by atoms with E-state index in [-0.39, 0.29) is 12.1 Å². The van der Waals surface area contributed by atoms with E-state index in [2.05, 4.69) is 40.4 Å². The van der Waals surface area contributed by atoms with Gasteiger partial charge in [0, 0.05) is 10.5 Å². The standard InChI is InChI=1S/C13H19BrN2O/c1-8(2)10(4)15-13(17)16-12-6-5-9(3)7-11(12)14/h5-8,10H,1-4H3,(H2,15,16,17)/t10-/m0/s1. The molecule has 0 aromatic heterocycles. The van der Waals surface area contributed by atoms with Gasteiger partial charge in [0.15, 0.2) is 0 Å². The van der Waals surface area contributed by atoms with Crippen LogP contribution in [0.25, 0.3) is 0 Å². The maximum Gasteiger partial charge on any atom is 0.319 e. The Hall–Kier alpha value is -1.03. The molecule has 0 radical (unpaired) electrons. The van der Waals surface area contributed by atoms with Gasteiger partial charge in [-0.15, -0.1) is 0 Å². The van der Waals surface area contributed by atoms with Crippen molar-refractivity contribution < 1.29 is 4.79 Å². The molecule has 0 spiro atoms. The highest BCUT2D eigenvalue weighted by Crippen LogP contribution is 2.23. The van der Waals surface area contributed by atoms with Crippen molar-refractivity contribution in [1.82, 2.24) is 5.32 Å². The summed E-state index contributed by atoms with van der Waals surface area (Å²) >= 11 is 3.43. The molecule has 0 unspecified atom stereocenters. The summed E-state index contributed by atoms with van der Waals surface area (Å²) in [6.45, 7) is 8.16. The SMILES string of the molecule is Cc1ccc(NC(=O)N[C@@H](C)C(C)C)c(Br)c1. The summed E-state index contributed by atoms with van der Waals surface area (Å²) < 4.78 is 0.893. The lowest BCUT2D eigenvalue weighted by Crippen LogP contribution is -2.39. The van der Waals surface area contributed by atoms with Crippen LogP contribution >= 0.6 is 15.9 Å². The van der Waals surface area contributed by atoms with Crippen LogP contribution in [0.2, 0.25) is 0 Å². The molecule has 1 aromatic rings. The van der Waals surface area contributed by atoms with Crippen molar-refractivity contribution >= 4 is 27.6 Å². The number of anilines is 1. The third-order valence-corrected chi connectivity index (χ3v) is 3.39. The smallest absolute Gasteiger partial charge is 0.319 e. The van der Waals surface area contributed by atoms with Crippen molar-refractivity contribution in [3.05, 3.63) is 28.2 Å². The number of rotatable bonds is 3. The van der Waals surface area contributed by atoms with Crippen molar-refractivity contribution in [2.75, 3.05) is 5.32 Å². The maximum absolute atomic E-state index is 11.7. The fourth-order valence-corrected chi connectivity index (χ4v) is 1.85. The Bertz CT molecular complexity index is 404.